The molecule has 0 aromatic heterocycles. The van der Waals surface area contributed by atoms with Gasteiger partial charge in [0.25, 0.3) is 0 Å². The van der Waals surface area contributed by atoms with Gasteiger partial charge in [-0.2, -0.15) is 10.1 Å². The minimum absolute atomic E-state index is 0.168. The number of primary amides is 1. The number of piperazine rings is 1. The fourth-order valence-corrected chi connectivity index (χ4v) is 3.85. The number of hydrogen-bond donors (Lipinski definition) is 1. The van der Waals surface area contributed by atoms with Crippen LogP contribution in [0.5, 0.6) is 0 Å². The number of carbonyl (C=O) groups excluding carboxylic acids is 1. The van der Waals surface area contributed by atoms with Crippen LogP contribution in [0.3, 0.4) is 0 Å². The molecule has 1 fully saturated rings. The summed E-state index contributed by atoms with van der Waals surface area (Å²) in [6, 6.07) is 17.7. The first-order chi connectivity index (χ1) is 13.1. The largest absolute Gasteiger partial charge is 0.350 e. The van der Waals surface area contributed by atoms with Gasteiger partial charge in [-0.3, -0.25) is 4.90 Å². The molecule has 2 aromatic rings. The molecule has 0 radical (unpaired) electrons. The second-order valence-electron chi connectivity index (χ2n) is 7.18. The third kappa shape index (κ3) is 3.59. The van der Waals surface area contributed by atoms with E-state index in [2.05, 4.69) is 29.0 Å². The highest BCUT2D eigenvalue weighted by molar-refractivity contribution is 6.14. The minimum atomic E-state index is -0.514. The topological polar surface area (TPSA) is 65.2 Å². The molecule has 0 saturated carbocycles. The maximum atomic E-state index is 12.4. The number of amides is 2. The lowest BCUT2D eigenvalue weighted by atomic mass is 9.95. The zero-order valence-electron chi connectivity index (χ0n) is 15.6. The van der Waals surface area contributed by atoms with E-state index in [0.29, 0.717) is 6.42 Å². The number of likely N-dealkylation sites (N-methyl/N-ethyl adjacent to an activating group) is 1. The summed E-state index contributed by atoms with van der Waals surface area (Å²) in [5.74, 6) is 0. The van der Waals surface area contributed by atoms with E-state index in [4.69, 9.17) is 10.8 Å². The molecule has 1 atom stereocenters. The Morgan fingerprint density at radius 3 is 2.37 bits per heavy atom. The third-order valence-corrected chi connectivity index (χ3v) is 5.40. The van der Waals surface area contributed by atoms with Crippen LogP contribution < -0.4 is 5.73 Å². The summed E-state index contributed by atoms with van der Waals surface area (Å²) in [6.45, 7) is 3.73. The Morgan fingerprint density at radius 2 is 1.67 bits per heavy atom. The average molecular weight is 363 g/mol. The van der Waals surface area contributed by atoms with Gasteiger partial charge in [-0.15, -0.1) is 0 Å². The van der Waals surface area contributed by atoms with Crippen molar-refractivity contribution >= 4 is 11.7 Å². The number of fused-ring (bicyclic) bond motifs is 1. The van der Waals surface area contributed by atoms with Crippen LogP contribution in [0.25, 0.3) is 0 Å². The van der Waals surface area contributed by atoms with Crippen molar-refractivity contribution < 1.29 is 4.79 Å². The van der Waals surface area contributed by atoms with E-state index in [1.165, 1.54) is 10.6 Å². The van der Waals surface area contributed by atoms with Gasteiger partial charge >= 0.3 is 6.03 Å². The van der Waals surface area contributed by atoms with Crippen molar-refractivity contribution in [2.24, 2.45) is 10.8 Å². The predicted molar refractivity (Wildman–Crippen MR) is 107 cm³/mol. The van der Waals surface area contributed by atoms with Crippen molar-refractivity contribution in [3.63, 3.8) is 0 Å². The first kappa shape index (κ1) is 17.7. The van der Waals surface area contributed by atoms with Crippen LogP contribution in [-0.4, -0.2) is 65.9 Å². The van der Waals surface area contributed by atoms with Gasteiger partial charge < -0.3 is 10.6 Å². The Balaban J connectivity index is 1.80. The van der Waals surface area contributed by atoms with Crippen LogP contribution in [-0.2, 0) is 6.42 Å². The number of carbonyl (C=O) groups is 1. The molecule has 6 nitrogen and oxygen atoms in total. The number of benzene rings is 2. The fourth-order valence-electron chi connectivity index (χ4n) is 3.85. The first-order valence-electron chi connectivity index (χ1n) is 9.37. The molecular formula is C21H25N5O. The standard InChI is InChI=1S/C21H25N5O/c1-24-11-13-25(14-12-24)19-15-17-9-5-6-10-18(17)20(23-26(19)21(22)27)16-7-3-2-4-8-16/h2-10,19H,11-15H2,1H3,(H2,22,27). The van der Waals surface area contributed by atoms with Crippen LogP contribution in [0.15, 0.2) is 59.7 Å². The number of urea groups is 1. The van der Waals surface area contributed by atoms with Crippen molar-refractivity contribution in [1.82, 2.24) is 14.8 Å². The van der Waals surface area contributed by atoms with Gasteiger partial charge in [0, 0.05) is 43.7 Å². The molecule has 0 bridgehead atoms. The van der Waals surface area contributed by atoms with Gasteiger partial charge in [-0.25, -0.2) is 4.79 Å². The SMILES string of the molecule is CN1CCN(C2Cc3ccccc3C(c3ccccc3)=NN2C(N)=O)CC1. The van der Waals surface area contributed by atoms with Crippen LogP contribution in [0.2, 0.25) is 0 Å². The molecule has 140 valence electrons. The monoisotopic (exact) mass is 363 g/mol. The van der Waals surface area contributed by atoms with Crippen LogP contribution in [0.1, 0.15) is 16.7 Å². The molecule has 27 heavy (non-hydrogen) atoms. The summed E-state index contributed by atoms with van der Waals surface area (Å²) >= 11 is 0. The fraction of sp³-hybridized carbons (Fsp3) is 0.333. The third-order valence-electron chi connectivity index (χ3n) is 5.40. The van der Waals surface area contributed by atoms with Gasteiger partial charge in [-0.1, -0.05) is 54.6 Å². The Labute approximate surface area is 159 Å². The quantitative estimate of drug-likeness (QED) is 0.887. The minimum Gasteiger partial charge on any atom is -0.350 e. The zero-order valence-corrected chi connectivity index (χ0v) is 15.6. The normalized spacial score (nSPS) is 21.3. The summed E-state index contributed by atoms with van der Waals surface area (Å²) in [5.41, 5.74) is 9.80. The number of hydrogen-bond acceptors (Lipinski definition) is 4. The molecule has 2 heterocycles. The van der Waals surface area contributed by atoms with Crippen LogP contribution in [0.4, 0.5) is 4.79 Å². The van der Waals surface area contributed by atoms with E-state index in [9.17, 15) is 4.79 Å². The lowest BCUT2D eigenvalue weighted by Gasteiger charge is -2.40. The Morgan fingerprint density at radius 1 is 1.00 bits per heavy atom. The molecule has 2 amide bonds. The van der Waals surface area contributed by atoms with E-state index in [1.54, 1.807) is 0 Å². The molecular weight excluding hydrogens is 338 g/mol. The predicted octanol–water partition coefficient (Wildman–Crippen LogP) is 1.95. The smallest absolute Gasteiger partial charge is 0.336 e. The van der Waals surface area contributed by atoms with Crippen molar-refractivity contribution in [2.45, 2.75) is 12.6 Å². The average Bonchev–Trinajstić information content (AvgIpc) is 2.87. The van der Waals surface area contributed by atoms with Gasteiger partial charge in [0.2, 0.25) is 0 Å². The molecule has 2 aromatic carbocycles. The summed E-state index contributed by atoms with van der Waals surface area (Å²) in [5, 5.41) is 6.26. The summed E-state index contributed by atoms with van der Waals surface area (Å²) in [6.07, 6.45) is 0.543. The molecule has 6 heteroatoms. The lowest BCUT2D eigenvalue weighted by Crippen LogP contribution is -2.56. The Bertz CT molecular complexity index is 843. The number of hydrazone groups is 1. The highest BCUT2D eigenvalue weighted by Gasteiger charge is 2.33. The Kier molecular flexibility index (Phi) is 4.92. The van der Waals surface area contributed by atoms with Crippen molar-refractivity contribution in [3.8, 4) is 0 Å². The molecule has 2 N–H and O–H groups in total. The lowest BCUT2D eigenvalue weighted by molar-refractivity contribution is 0.0361. The molecule has 0 spiro atoms. The molecule has 4 rings (SSSR count). The highest BCUT2D eigenvalue weighted by atomic mass is 16.2. The van der Waals surface area contributed by atoms with Gasteiger partial charge in [0.15, 0.2) is 0 Å². The second kappa shape index (κ2) is 7.50. The summed E-state index contributed by atoms with van der Waals surface area (Å²) < 4.78 is 0. The zero-order chi connectivity index (χ0) is 18.8. The Hall–Kier alpha value is -2.70. The van der Waals surface area contributed by atoms with Gasteiger partial charge in [0.05, 0.1) is 5.71 Å². The van der Waals surface area contributed by atoms with E-state index >= 15 is 0 Å². The molecule has 2 aliphatic rings. The van der Waals surface area contributed by atoms with Crippen LogP contribution in [0, 0.1) is 0 Å². The van der Waals surface area contributed by atoms with Gasteiger partial charge in [-0.05, 0) is 12.6 Å². The van der Waals surface area contributed by atoms with Crippen molar-refractivity contribution in [1.29, 1.82) is 0 Å². The molecule has 0 aliphatic carbocycles. The molecule has 1 unspecified atom stereocenters. The van der Waals surface area contributed by atoms with E-state index in [1.807, 2.05) is 42.5 Å². The number of nitrogens with two attached hydrogens (primary N) is 1. The number of nitrogens with zero attached hydrogens (tertiary/aromatic N) is 4. The van der Waals surface area contributed by atoms with Crippen LogP contribution >= 0.6 is 0 Å². The second-order valence-corrected chi connectivity index (χ2v) is 7.18. The maximum absolute atomic E-state index is 12.4. The maximum Gasteiger partial charge on any atom is 0.336 e. The van der Waals surface area contributed by atoms with E-state index in [0.717, 1.165) is 43.0 Å². The van der Waals surface area contributed by atoms with E-state index in [-0.39, 0.29) is 6.17 Å². The molecule has 1 saturated heterocycles. The highest BCUT2D eigenvalue weighted by Crippen LogP contribution is 2.25. The summed E-state index contributed by atoms with van der Waals surface area (Å²) in [4.78, 5) is 17.0. The van der Waals surface area contributed by atoms with E-state index < -0.39 is 6.03 Å². The van der Waals surface area contributed by atoms with Crippen molar-refractivity contribution in [2.75, 3.05) is 33.2 Å². The molecule has 2 aliphatic heterocycles. The summed E-state index contributed by atoms with van der Waals surface area (Å²) in [7, 11) is 2.12. The first-order valence-corrected chi connectivity index (χ1v) is 9.37. The van der Waals surface area contributed by atoms with Crippen molar-refractivity contribution in [3.05, 3.63) is 71.3 Å². The number of rotatable bonds is 2. The van der Waals surface area contributed by atoms with Gasteiger partial charge in [0.1, 0.15) is 6.17 Å².